The van der Waals surface area contributed by atoms with Gasteiger partial charge in [0.25, 0.3) is 0 Å². The fourth-order valence-electron chi connectivity index (χ4n) is 4.13. The van der Waals surface area contributed by atoms with Crippen molar-refractivity contribution in [3.8, 4) is 11.1 Å². The maximum Gasteiger partial charge on any atom is 0.227 e. The Balaban J connectivity index is 1.72. The number of hydrogen-bond donors (Lipinski definition) is 0. The maximum atomic E-state index is 14.0. The van der Waals surface area contributed by atoms with Crippen LogP contribution in [0.1, 0.15) is 36.6 Å². The van der Waals surface area contributed by atoms with Crippen molar-refractivity contribution in [2.75, 3.05) is 25.5 Å². The van der Waals surface area contributed by atoms with Crippen molar-refractivity contribution in [2.45, 2.75) is 31.7 Å². The molecule has 7 heteroatoms. The standard InChI is InChI=1S/C25H26F2N4O/c1-30(2)25-28-16-21(18-6-5-7-20(27)15-18)24(29-25)22-8-3-4-13-31(22)23(32)14-17-9-11-19(26)12-10-17/h5-7,9-12,15-16,22H,3-4,8,13-14H2,1-2H3/t22-/m1/s1. The molecular formula is C25H26F2N4O. The van der Waals surface area contributed by atoms with E-state index in [2.05, 4.69) is 4.98 Å². The molecule has 0 saturated carbocycles. The lowest BCUT2D eigenvalue weighted by molar-refractivity contribution is -0.134. The third-order valence-corrected chi connectivity index (χ3v) is 5.75. The van der Waals surface area contributed by atoms with Crippen molar-refractivity contribution in [3.05, 3.63) is 77.6 Å². The summed E-state index contributed by atoms with van der Waals surface area (Å²) < 4.78 is 27.2. The highest BCUT2D eigenvalue weighted by Gasteiger charge is 2.31. The lowest BCUT2D eigenvalue weighted by atomic mass is 9.93. The van der Waals surface area contributed by atoms with Crippen LogP contribution in [0.25, 0.3) is 11.1 Å². The Morgan fingerprint density at radius 1 is 1.09 bits per heavy atom. The predicted molar refractivity (Wildman–Crippen MR) is 120 cm³/mol. The molecule has 5 nitrogen and oxygen atoms in total. The average Bonchev–Trinajstić information content (AvgIpc) is 2.80. The van der Waals surface area contributed by atoms with Crippen LogP contribution in [-0.2, 0) is 11.2 Å². The second-order valence-electron chi connectivity index (χ2n) is 8.28. The summed E-state index contributed by atoms with van der Waals surface area (Å²) in [6.07, 6.45) is 4.55. The van der Waals surface area contributed by atoms with Crippen LogP contribution >= 0.6 is 0 Å². The number of nitrogens with zero attached hydrogens (tertiary/aromatic N) is 4. The van der Waals surface area contributed by atoms with Gasteiger partial charge in [-0.05, 0) is 54.7 Å². The summed E-state index contributed by atoms with van der Waals surface area (Å²) in [4.78, 5) is 26.2. The van der Waals surface area contributed by atoms with Gasteiger partial charge in [0.15, 0.2) is 0 Å². The van der Waals surface area contributed by atoms with E-state index in [1.165, 1.54) is 24.3 Å². The minimum absolute atomic E-state index is 0.0310. The van der Waals surface area contributed by atoms with Gasteiger partial charge in [0.2, 0.25) is 11.9 Å². The van der Waals surface area contributed by atoms with Crippen LogP contribution in [0.4, 0.5) is 14.7 Å². The fourth-order valence-corrected chi connectivity index (χ4v) is 4.13. The zero-order valence-corrected chi connectivity index (χ0v) is 18.3. The molecule has 166 valence electrons. The first-order chi connectivity index (χ1) is 15.4. The molecule has 0 spiro atoms. The predicted octanol–water partition coefficient (Wildman–Crippen LogP) is 4.78. The van der Waals surface area contributed by atoms with Crippen LogP contribution in [0, 0.1) is 11.6 Å². The van der Waals surface area contributed by atoms with Gasteiger partial charge >= 0.3 is 0 Å². The van der Waals surface area contributed by atoms with Crippen LogP contribution < -0.4 is 4.90 Å². The number of carbonyl (C=O) groups is 1. The number of piperidine rings is 1. The minimum Gasteiger partial charge on any atom is -0.347 e. The largest absolute Gasteiger partial charge is 0.347 e. The Labute approximate surface area is 186 Å². The molecule has 4 rings (SSSR count). The van der Waals surface area contributed by atoms with Crippen LogP contribution in [0.15, 0.2) is 54.7 Å². The summed E-state index contributed by atoms with van der Waals surface area (Å²) in [6.45, 7) is 0.620. The van der Waals surface area contributed by atoms with E-state index in [9.17, 15) is 13.6 Å². The smallest absolute Gasteiger partial charge is 0.227 e. The highest BCUT2D eigenvalue weighted by molar-refractivity contribution is 5.80. The molecule has 1 fully saturated rings. The van der Waals surface area contributed by atoms with E-state index in [1.54, 1.807) is 24.4 Å². The first-order valence-corrected chi connectivity index (χ1v) is 10.8. The van der Waals surface area contributed by atoms with Gasteiger partial charge < -0.3 is 9.80 Å². The summed E-state index contributed by atoms with van der Waals surface area (Å²) >= 11 is 0. The van der Waals surface area contributed by atoms with Crippen molar-refractivity contribution in [2.24, 2.45) is 0 Å². The summed E-state index contributed by atoms with van der Waals surface area (Å²) in [7, 11) is 3.72. The van der Waals surface area contributed by atoms with E-state index in [-0.39, 0.29) is 30.0 Å². The fraction of sp³-hybridized carbons (Fsp3) is 0.320. The second kappa shape index (κ2) is 9.42. The summed E-state index contributed by atoms with van der Waals surface area (Å²) in [5, 5.41) is 0. The van der Waals surface area contributed by atoms with Crippen LogP contribution in [0.3, 0.4) is 0 Å². The zero-order valence-electron chi connectivity index (χ0n) is 18.3. The number of anilines is 1. The Morgan fingerprint density at radius 2 is 1.88 bits per heavy atom. The van der Waals surface area contributed by atoms with Crippen molar-refractivity contribution in [3.63, 3.8) is 0 Å². The Hall–Kier alpha value is -3.35. The van der Waals surface area contributed by atoms with Gasteiger partial charge in [-0.15, -0.1) is 0 Å². The molecule has 2 heterocycles. The molecule has 1 atom stereocenters. The second-order valence-corrected chi connectivity index (χ2v) is 8.28. The third kappa shape index (κ3) is 4.77. The lowest BCUT2D eigenvalue weighted by Crippen LogP contribution is -2.40. The Kier molecular flexibility index (Phi) is 6.44. The molecule has 0 radical (unpaired) electrons. The van der Waals surface area contributed by atoms with E-state index in [0.717, 1.165) is 36.1 Å². The van der Waals surface area contributed by atoms with E-state index in [4.69, 9.17) is 4.98 Å². The molecule has 0 aliphatic carbocycles. The van der Waals surface area contributed by atoms with Gasteiger partial charge in [0.1, 0.15) is 11.6 Å². The maximum absolute atomic E-state index is 14.0. The molecular weight excluding hydrogens is 410 g/mol. The number of benzene rings is 2. The van der Waals surface area contributed by atoms with E-state index >= 15 is 0 Å². The van der Waals surface area contributed by atoms with Gasteiger partial charge in [-0.3, -0.25) is 4.79 Å². The van der Waals surface area contributed by atoms with Crippen LogP contribution in [0.2, 0.25) is 0 Å². The van der Waals surface area contributed by atoms with Crippen molar-refractivity contribution < 1.29 is 13.6 Å². The first-order valence-electron chi connectivity index (χ1n) is 10.8. The van der Waals surface area contributed by atoms with E-state index in [0.29, 0.717) is 18.1 Å². The topological polar surface area (TPSA) is 49.3 Å². The van der Waals surface area contributed by atoms with Gasteiger partial charge in [0.05, 0.1) is 18.2 Å². The summed E-state index contributed by atoms with van der Waals surface area (Å²) in [6, 6.07) is 12.1. The normalized spacial score (nSPS) is 16.1. The number of aromatic nitrogens is 2. The van der Waals surface area contributed by atoms with E-state index in [1.807, 2.05) is 30.0 Å². The SMILES string of the molecule is CN(C)c1ncc(-c2cccc(F)c2)c([C@H]2CCCCN2C(=O)Cc2ccc(F)cc2)n1. The highest BCUT2D eigenvalue weighted by atomic mass is 19.1. The van der Waals surface area contributed by atoms with Gasteiger partial charge in [0, 0.05) is 32.4 Å². The molecule has 1 aliphatic rings. The molecule has 0 unspecified atom stereocenters. The average molecular weight is 437 g/mol. The van der Waals surface area contributed by atoms with Crippen LogP contribution in [0.5, 0.6) is 0 Å². The summed E-state index contributed by atoms with van der Waals surface area (Å²) in [5.74, 6) is -0.153. The molecule has 0 bridgehead atoms. The Morgan fingerprint density at radius 3 is 2.59 bits per heavy atom. The zero-order chi connectivity index (χ0) is 22.7. The number of hydrogen-bond acceptors (Lipinski definition) is 4. The van der Waals surface area contributed by atoms with E-state index < -0.39 is 0 Å². The quantitative estimate of drug-likeness (QED) is 0.577. The third-order valence-electron chi connectivity index (χ3n) is 5.75. The van der Waals surface area contributed by atoms with Crippen molar-refractivity contribution >= 4 is 11.9 Å². The lowest BCUT2D eigenvalue weighted by Gasteiger charge is -2.36. The monoisotopic (exact) mass is 436 g/mol. The first kappa shape index (κ1) is 21.9. The number of rotatable bonds is 5. The van der Waals surface area contributed by atoms with Gasteiger partial charge in [-0.1, -0.05) is 24.3 Å². The van der Waals surface area contributed by atoms with Crippen LogP contribution in [-0.4, -0.2) is 41.4 Å². The van der Waals surface area contributed by atoms with Gasteiger partial charge in [-0.25, -0.2) is 18.7 Å². The molecule has 3 aromatic rings. The molecule has 1 amide bonds. The molecule has 1 aromatic heterocycles. The van der Waals surface area contributed by atoms with Crippen molar-refractivity contribution in [1.82, 2.24) is 14.9 Å². The van der Waals surface area contributed by atoms with Crippen molar-refractivity contribution in [1.29, 1.82) is 0 Å². The Bertz CT molecular complexity index is 1100. The minimum atomic E-state index is -0.335. The molecule has 2 aromatic carbocycles. The molecule has 0 N–H and O–H groups in total. The number of carbonyl (C=O) groups excluding carboxylic acids is 1. The molecule has 1 saturated heterocycles. The number of halogens is 2. The van der Waals surface area contributed by atoms with Gasteiger partial charge in [-0.2, -0.15) is 0 Å². The molecule has 32 heavy (non-hydrogen) atoms. The highest BCUT2D eigenvalue weighted by Crippen LogP contribution is 2.36. The number of likely N-dealkylation sites (tertiary alicyclic amines) is 1. The summed E-state index contributed by atoms with van der Waals surface area (Å²) in [5.41, 5.74) is 2.90. The molecule has 1 aliphatic heterocycles. The number of amides is 1.